The second-order valence-electron chi connectivity index (χ2n) is 1.01. The molecule has 0 saturated carbocycles. The lowest BCUT2D eigenvalue weighted by Gasteiger charge is -1.62. The highest BCUT2D eigenvalue weighted by Crippen LogP contribution is 1.87. The van der Waals surface area contributed by atoms with Crippen LogP contribution in [0.4, 0.5) is 0 Å². The second-order valence-corrected chi connectivity index (χ2v) is 1.01. The highest BCUT2D eigenvalue weighted by molar-refractivity contribution is 5.16. The third-order valence-electron chi connectivity index (χ3n) is 0.566. The zero-order chi connectivity index (χ0) is 5.11. The standard InChI is InChI=1S/C5H2NO/c1-2-5-3-4-7-6-5/h3-4H. The monoisotopic (exact) mass is 92.0 g/mol. The van der Waals surface area contributed by atoms with Crippen LogP contribution in [0.2, 0.25) is 0 Å². The van der Waals surface area contributed by atoms with Gasteiger partial charge in [-0.2, -0.15) is 0 Å². The van der Waals surface area contributed by atoms with Gasteiger partial charge >= 0.3 is 0 Å². The quantitative estimate of drug-likeness (QED) is 0.438. The molecule has 1 heterocycles. The van der Waals surface area contributed by atoms with Crippen LogP contribution in [-0.4, -0.2) is 5.16 Å². The molecule has 0 atom stereocenters. The number of aromatic nitrogens is 1. The number of rotatable bonds is 0. The van der Waals surface area contributed by atoms with Gasteiger partial charge in [0, 0.05) is 6.07 Å². The van der Waals surface area contributed by atoms with Crippen LogP contribution in [0.25, 0.3) is 0 Å². The molecule has 33 valence electrons. The van der Waals surface area contributed by atoms with E-state index in [2.05, 4.69) is 15.6 Å². The molecule has 1 radical (unpaired) electrons. The van der Waals surface area contributed by atoms with Crippen molar-refractivity contribution in [1.82, 2.24) is 5.16 Å². The largest absolute Gasteiger partial charge is 0.363 e. The summed E-state index contributed by atoms with van der Waals surface area (Å²) in [5.41, 5.74) is 0.431. The van der Waals surface area contributed by atoms with Crippen LogP contribution < -0.4 is 0 Å². The van der Waals surface area contributed by atoms with E-state index in [1.54, 1.807) is 6.07 Å². The van der Waals surface area contributed by atoms with Crippen LogP contribution in [-0.2, 0) is 0 Å². The number of hydrogen-bond acceptors (Lipinski definition) is 2. The van der Waals surface area contributed by atoms with E-state index in [1.807, 2.05) is 0 Å². The van der Waals surface area contributed by atoms with Gasteiger partial charge in [-0.15, -0.1) is 0 Å². The number of hydrogen-bond donors (Lipinski definition) is 0. The molecule has 1 rings (SSSR count). The third-order valence-corrected chi connectivity index (χ3v) is 0.566. The van der Waals surface area contributed by atoms with Crippen LogP contribution >= 0.6 is 0 Å². The lowest BCUT2D eigenvalue weighted by molar-refractivity contribution is 0.418. The van der Waals surface area contributed by atoms with Crippen LogP contribution in [0.15, 0.2) is 16.9 Å². The minimum Gasteiger partial charge on any atom is -0.363 e. The summed E-state index contributed by atoms with van der Waals surface area (Å²) in [5.74, 6) is 2.05. The van der Waals surface area contributed by atoms with E-state index in [9.17, 15) is 0 Å². The Morgan fingerprint density at radius 1 is 1.86 bits per heavy atom. The Morgan fingerprint density at radius 3 is 3.00 bits per heavy atom. The van der Waals surface area contributed by atoms with E-state index in [0.717, 1.165) is 0 Å². The topological polar surface area (TPSA) is 26.0 Å². The van der Waals surface area contributed by atoms with Gasteiger partial charge in [0.25, 0.3) is 0 Å². The van der Waals surface area contributed by atoms with E-state index in [0.29, 0.717) is 5.69 Å². The average molecular weight is 92.1 g/mol. The van der Waals surface area contributed by atoms with Gasteiger partial charge in [-0.25, -0.2) is 0 Å². The zero-order valence-electron chi connectivity index (χ0n) is 3.51. The zero-order valence-corrected chi connectivity index (χ0v) is 3.51. The fourth-order valence-electron chi connectivity index (χ4n) is 0.277. The fourth-order valence-corrected chi connectivity index (χ4v) is 0.277. The van der Waals surface area contributed by atoms with Crippen molar-refractivity contribution in [2.75, 3.05) is 0 Å². The van der Waals surface area contributed by atoms with Crippen molar-refractivity contribution < 1.29 is 4.52 Å². The first-order valence-corrected chi connectivity index (χ1v) is 1.76. The first-order chi connectivity index (χ1) is 3.43. The summed E-state index contributed by atoms with van der Waals surface area (Å²) in [6.45, 7) is 0. The molecule has 2 nitrogen and oxygen atoms in total. The molecule has 0 unspecified atom stereocenters. The van der Waals surface area contributed by atoms with Gasteiger partial charge in [-0.3, -0.25) is 0 Å². The van der Waals surface area contributed by atoms with Crippen molar-refractivity contribution in [3.8, 4) is 5.92 Å². The van der Waals surface area contributed by atoms with Crippen LogP contribution in [0, 0.1) is 12.3 Å². The minimum absolute atomic E-state index is 0.431. The van der Waals surface area contributed by atoms with Crippen LogP contribution in [0.1, 0.15) is 5.69 Å². The molecule has 0 saturated heterocycles. The summed E-state index contributed by atoms with van der Waals surface area (Å²) in [4.78, 5) is 0. The predicted molar refractivity (Wildman–Crippen MR) is 22.7 cm³/mol. The van der Waals surface area contributed by atoms with Gasteiger partial charge in [-0.05, 0) is 12.3 Å². The molecule has 0 aliphatic heterocycles. The Bertz CT molecular complexity index is 170. The van der Waals surface area contributed by atoms with Gasteiger partial charge in [0.15, 0.2) is 5.69 Å². The van der Waals surface area contributed by atoms with Crippen molar-refractivity contribution in [3.05, 3.63) is 24.4 Å². The molecule has 2 heteroatoms. The lowest BCUT2D eigenvalue weighted by atomic mass is 10.5. The molecule has 0 N–H and O–H groups in total. The lowest BCUT2D eigenvalue weighted by Crippen LogP contribution is -1.64. The van der Waals surface area contributed by atoms with Gasteiger partial charge in [0.2, 0.25) is 0 Å². The molecule has 0 spiro atoms. The molecular formula is C5H2NO. The Balaban J connectivity index is 3.04. The van der Waals surface area contributed by atoms with Crippen molar-refractivity contribution >= 4 is 0 Å². The van der Waals surface area contributed by atoms with Gasteiger partial charge in [0.1, 0.15) is 6.26 Å². The van der Waals surface area contributed by atoms with Gasteiger partial charge in [-0.1, -0.05) is 5.16 Å². The maximum absolute atomic E-state index is 6.49. The van der Waals surface area contributed by atoms with Crippen molar-refractivity contribution in [1.29, 1.82) is 0 Å². The maximum atomic E-state index is 6.49. The molecule has 0 bridgehead atoms. The molecule has 0 aliphatic carbocycles. The first-order valence-electron chi connectivity index (χ1n) is 1.76. The smallest absolute Gasteiger partial charge is 0.157 e. The van der Waals surface area contributed by atoms with E-state index in [-0.39, 0.29) is 0 Å². The maximum Gasteiger partial charge on any atom is 0.157 e. The molecule has 7 heavy (non-hydrogen) atoms. The average Bonchev–Trinajstić information content (AvgIpc) is 2.14. The van der Waals surface area contributed by atoms with Crippen molar-refractivity contribution in [2.45, 2.75) is 0 Å². The summed E-state index contributed by atoms with van der Waals surface area (Å²) < 4.78 is 4.37. The van der Waals surface area contributed by atoms with Gasteiger partial charge < -0.3 is 4.52 Å². The normalized spacial score (nSPS) is 7.86. The molecule has 1 aromatic heterocycles. The Labute approximate surface area is 41.1 Å². The Hall–Kier alpha value is -1.23. The molecular weight excluding hydrogens is 90.1 g/mol. The molecule has 0 amide bonds. The van der Waals surface area contributed by atoms with Gasteiger partial charge in [0.05, 0.1) is 0 Å². The van der Waals surface area contributed by atoms with E-state index >= 15 is 0 Å². The first kappa shape index (κ1) is 3.94. The Kier molecular flexibility index (Phi) is 0.833. The predicted octanol–water partition coefficient (Wildman–Crippen LogP) is 0.612. The summed E-state index contributed by atoms with van der Waals surface area (Å²) in [5, 5.41) is 3.36. The SMILES string of the molecule is [C]#Cc1ccon1. The summed E-state index contributed by atoms with van der Waals surface area (Å²) in [6.07, 6.45) is 7.89. The molecule has 0 fully saturated rings. The second kappa shape index (κ2) is 1.48. The summed E-state index contributed by atoms with van der Waals surface area (Å²) >= 11 is 0. The molecule has 0 aromatic carbocycles. The highest BCUT2D eigenvalue weighted by Gasteiger charge is 1.83. The van der Waals surface area contributed by atoms with E-state index in [1.165, 1.54) is 6.26 Å². The molecule has 1 aromatic rings. The van der Waals surface area contributed by atoms with Crippen molar-refractivity contribution in [2.24, 2.45) is 0 Å². The van der Waals surface area contributed by atoms with E-state index < -0.39 is 0 Å². The van der Waals surface area contributed by atoms with Crippen molar-refractivity contribution in [3.63, 3.8) is 0 Å². The van der Waals surface area contributed by atoms with E-state index in [4.69, 9.17) is 6.42 Å². The summed E-state index contributed by atoms with van der Waals surface area (Å²) in [6, 6.07) is 1.56. The van der Waals surface area contributed by atoms with Crippen LogP contribution in [0.3, 0.4) is 0 Å². The summed E-state index contributed by atoms with van der Waals surface area (Å²) in [7, 11) is 0. The molecule has 0 aliphatic rings. The number of nitrogens with zero attached hydrogens (tertiary/aromatic N) is 1. The highest BCUT2D eigenvalue weighted by atomic mass is 16.5. The minimum atomic E-state index is 0.431. The Morgan fingerprint density at radius 2 is 2.71 bits per heavy atom. The van der Waals surface area contributed by atoms with Crippen LogP contribution in [0.5, 0.6) is 0 Å². The third kappa shape index (κ3) is 0.606. The fraction of sp³-hybridized carbons (Fsp3) is 0.